The third-order valence-electron chi connectivity index (χ3n) is 10.0. The van der Waals surface area contributed by atoms with Crippen LogP contribution in [0.1, 0.15) is 81.1 Å². The van der Waals surface area contributed by atoms with Crippen molar-refractivity contribution >= 4 is 29.5 Å². The molecule has 5 amide bonds. The number of nitrogens with one attached hydrogen (secondary N) is 5. The van der Waals surface area contributed by atoms with Crippen molar-refractivity contribution in [2.24, 2.45) is 5.92 Å². The molecule has 5 N–H and O–H groups in total. The molecule has 2 aromatic carbocycles. The molecule has 2 heterocycles. The second kappa shape index (κ2) is 16.5. The minimum absolute atomic E-state index is 0.0363. The van der Waals surface area contributed by atoms with Gasteiger partial charge in [-0.05, 0) is 61.4 Å². The quantitative estimate of drug-likeness (QED) is 0.322. The summed E-state index contributed by atoms with van der Waals surface area (Å²) in [6, 6.07) is 10.6. The van der Waals surface area contributed by atoms with Crippen molar-refractivity contribution in [2.45, 2.75) is 88.3 Å². The van der Waals surface area contributed by atoms with Gasteiger partial charge in [0.1, 0.15) is 35.8 Å². The van der Waals surface area contributed by atoms with Crippen LogP contribution in [0.3, 0.4) is 0 Å². The van der Waals surface area contributed by atoms with Gasteiger partial charge in [-0.25, -0.2) is 4.39 Å². The molecule has 1 saturated carbocycles. The Bertz CT molecular complexity index is 1550. The number of rotatable bonds is 5. The maximum absolute atomic E-state index is 14.3. The topological polar surface area (TPSA) is 164 Å². The van der Waals surface area contributed by atoms with Gasteiger partial charge >= 0.3 is 0 Å². The standard InChI is InChI=1S/C37H48FN5O7/c1-24(2)31-34(47)39-17-20-50-29-12-5-4-11-27(29)32(45)41-28(22-30(44)43-37(35(48)42-31)13-6-3-7-14-37)33(46)40-23-36(15-18-49-19-16-36)25-9-8-10-26(38)21-25/h4-5,8-12,21,24,28,31H,3,6-7,13-20,22-23H2,1-2H3,(H,39,47)(H,40,46)(H,41,45)(H,42,48)(H,43,44)/t28-,31+/m0/s1. The average molecular weight is 694 g/mol. The Morgan fingerprint density at radius 2 is 1.68 bits per heavy atom. The van der Waals surface area contributed by atoms with E-state index in [4.69, 9.17) is 9.47 Å². The SMILES string of the molecule is CC(C)[C@H]1NC(=O)C2(CCCCC2)NC(=O)C[C@@H](C(=O)NCC2(c3cccc(F)c3)CCOCC2)NC(=O)c2ccccc2OCCNC1=O. The maximum Gasteiger partial charge on any atom is 0.255 e. The maximum atomic E-state index is 14.3. The summed E-state index contributed by atoms with van der Waals surface area (Å²) in [5, 5.41) is 14.3. The Morgan fingerprint density at radius 3 is 2.40 bits per heavy atom. The third kappa shape index (κ3) is 8.79. The van der Waals surface area contributed by atoms with E-state index in [0.29, 0.717) is 51.7 Å². The molecule has 2 aromatic rings. The summed E-state index contributed by atoms with van der Waals surface area (Å²) in [4.78, 5) is 68.7. The molecule has 0 bridgehead atoms. The molecule has 3 aliphatic rings. The molecule has 1 spiro atoms. The van der Waals surface area contributed by atoms with Crippen LogP contribution in [0.2, 0.25) is 0 Å². The molecule has 1 aliphatic carbocycles. The molecule has 5 rings (SSSR count). The lowest BCUT2D eigenvalue weighted by atomic mass is 9.74. The zero-order valence-electron chi connectivity index (χ0n) is 28.8. The molecule has 0 aromatic heterocycles. The van der Waals surface area contributed by atoms with Gasteiger partial charge in [-0.1, -0.05) is 57.4 Å². The largest absolute Gasteiger partial charge is 0.491 e. The highest BCUT2D eigenvalue weighted by atomic mass is 19.1. The molecule has 50 heavy (non-hydrogen) atoms. The number of carbonyl (C=O) groups excluding carboxylic acids is 5. The number of halogens is 1. The molecule has 12 nitrogen and oxygen atoms in total. The van der Waals surface area contributed by atoms with Crippen LogP contribution in [-0.2, 0) is 29.3 Å². The van der Waals surface area contributed by atoms with Crippen LogP contribution in [0.25, 0.3) is 0 Å². The normalized spacial score (nSPS) is 23.3. The van der Waals surface area contributed by atoms with Crippen LogP contribution in [0.15, 0.2) is 48.5 Å². The highest BCUT2D eigenvalue weighted by Gasteiger charge is 2.43. The van der Waals surface area contributed by atoms with E-state index in [-0.39, 0.29) is 42.8 Å². The van der Waals surface area contributed by atoms with Gasteiger partial charge in [-0.3, -0.25) is 24.0 Å². The first-order valence-electron chi connectivity index (χ1n) is 17.6. The number of ether oxygens (including phenoxy) is 2. The minimum Gasteiger partial charge on any atom is -0.491 e. The highest BCUT2D eigenvalue weighted by molar-refractivity contribution is 6.01. The van der Waals surface area contributed by atoms with Crippen molar-refractivity contribution < 1.29 is 37.8 Å². The fourth-order valence-electron chi connectivity index (χ4n) is 7.08. The first-order chi connectivity index (χ1) is 24.0. The van der Waals surface area contributed by atoms with E-state index >= 15 is 0 Å². The van der Waals surface area contributed by atoms with Crippen molar-refractivity contribution in [2.75, 3.05) is 32.9 Å². The van der Waals surface area contributed by atoms with E-state index in [0.717, 1.165) is 12.0 Å². The molecule has 13 heteroatoms. The predicted molar refractivity (Wildman–Crippen MR) is 183 cm³/mol. The lowest BCUT2D eigenvalue weighted by molar-refractivity contribution is -0.138. The molecule has 270 valence electrons. The van der Waals surface area contributed by atoms with E-state index < -0.39 is 58.9 Å². The molecule has 2 fully saturated rings. The Balaban J connectivity index is 1.44. The van der Waals surface area contributed by atoms with Crippen LogP contribution in [-0.4, -0.2) is 80.1 Å². The van der Waals surface area contributed by atoms with Crippen molar-refractivity contribution in [1.82, 2.24) is 26.6 Å². The summed E-state index contributed by atoms with van der Waals surface area (Å²) in [5.41, 5.74) is -1.05. The minimum atomic E-state index is -1.33. The zero-order valence-corrected chi connectivity index (χ0v) is 28.8. The number of para-hydroxylation sites is 1. The van der Waals surface area contributed by atoms with E-state index in [2.05, 4.69) is 26.6 Å². The van der Waals surface area contributed by atoms with Gasteiger partial charge in [-0.15, -0.1) is 0 Å². The number of fused-ring (bicyclic) bond motifs is 1. The van der Waals surface area contributed by atoms with Crippen LogP contribution in [0, 0.1) is 11.7 Å². The molecule has 2 atom stereocenters. The van der Waals surface area contributed by atoms with Gasteiger partial charge in [0.05, 0.1) is 18.5 Å². The van der Waals surface area contributed by atoms with Crippen LogP contribution >= 0.6 is 0 Å². The van der Waals surface area contributed by atoms with Crippen LogP contribution in [0.4, 0.5) is 4.39 Å². The number of benzene rings is 2. The molecular formula is C37H48FN5O7. The van der Waals surface area contributed by atoms with E-state index in [1.54, 1.807) is 30.3 Å². The highest BCUT2D eigenvalue weighted by Crippen LogP contribution is 2.35. The van der Waals surface area contributed by atoms with Gasteiger partial charge in [0.25, 0.3) is 5.91 Å². The average Bonchev–Trinajstić information content (AvgIpc) is 3.11. The second-order valence-corrected chi connectivity index (χ2v) is 13.9. The number of carbonyl (C=O) groups is 5. The second-order valence-electron chi connectivity index (χ2n) is 13.9. The summed E-state index contributed by atoms with van der Waals surface area (Å²) < 4.78 is 25.8. The molecule has 2 aliphatic heterocycles. The molecule has 1 saturated heterocycles. The van der Waals surface area contributed by atoms with Gasteiger partial charge in [-0.2, -0.15) is 0 Å². The van der Waals surface area contributed by atoms with Crippen molar-refractivity contribution in [3.8, 4) is 5.75 Å². The Hall–Kier alpha value is -4.52. The first-order valence-corrected chi connectivity index (χ1v) is 17.6. The van der Waals surface area contributed by atoms with Crippen LogP contribution < -0.4 is 31.3 Å². The smallest absolute Gasteiger partial charge is 0.255 e. The lowest BCUT2D eigenvalue weighted by Gasteiger charge is -2.39. The van der Waals surface area contributed by atoms with Crippen molar-refractivity contribution in [3.63, 3.8) is 0 Å². The number of amides is 5. The Labute approximate surface area is 292 Å². The fraction of sp³-hybridized carbons (Fsp3) is 0.541. The fourth-order valence-corrected chi connectivity index (χ4v) is 7.08. The van der Waals surface area contributed by atoms with Crippen molar-refractivity contribution in [3.05, 3.63) is 65.5 Å². The predicted octanol–water partition coefficient (Wildman–Crippen LogP) is 2.65. The molecule has 0 radical (unpaired) electrons. The number of hydrogen-bond acceptors (Lipinski definition) is 7. The monoisotopic (exact) mass is 693 g/mol. The van der Waals surface area contributed by atoms with Gasteiger partial charge in [0.2, 0.25) is 23.6 Å². The summed E-state index contributed by atoms with van der Waals surface area (Å²) in [6.45, 7) is 4.77. The number of hydrogen-bond donors (Lipinski definition) is 5. The van der Waals surface area contributed by atoms with E-state index in [9.17, 15) is 28.4 Å². The van der Waals surface area contributed by atoms with E-state index in [1.165, 1.54) is 12.1 Å². The van der Waals surface area contributed by atoms with Crippen LogP contribution in [0.5, 0.6) is 5.75 Å². The molecular weight excluding hydrogens is 645 g/mol. The summed E-state index contributed by atoms with van der Waals surface area (Å²) in [6.07, 6.45) is 3.59. The molecule has 0 unspecified atom stereocenters. The zero-order chi connectivity index (χ0) is 35.7. The summed E-state index contributed by atoms with van der Waals surface area (Å²) in [7, 11) is 0. The third-order valence-corrected chi connectivity index (χ3v) is 10.0. The van der Waals surface area contributed by atoms with E-state index in [1.807, 2.05) is 19.9 Å². The van der Waals surface area contributed by atoms with Crippen molar-refractivity contribution in [1.29, 1.82) is 0 Å². The Kier molecular flexibility index (Phi) is 12.1. The van der Waals surface area contributed by atoms with Gasteiger partial charge in [0.15, 0.2) is 0 Å². The summed E-state index contributed by atoms with van der Waals surface area (Å²) >= 11 is 0. The van der Waals surface area contributed by atoms with Gasteiger partial charge in [0, 0.05) is 25.2 Å². The van der Waals surface area contributed by atoms with Gasteiger partial charge < -0.3 is 36.1 Å². The Morgan fingerprint density at radius 1 is 0.940 bits per heavy atom. The first kappa shape index (κ1) is 36.8. The summed E-state index contributed by atoms with van der Waals surface area (Å²) in [5.74, 6) is -3.11. The lowest BCUT2D eigenvalue weighted by Crippen LogP contribution is -2.64.